The van der Waals surface area contributed by atoms with Crippen molar-refractivity contribution in [1.82, 2.24) is 14.7 Å². The predicted octanol–water partition coefficient (Wildman–Crippen LogP) is 2.84. The minimum absolute atomic E-state index is 0.0689. The summed E-state index contributed by atoms with van der Waals surface area (Å²) >= 11 is 0. The monoisotopic (exact) mass is 413 g/mol. The van der Waals surface area contributed by atoms with E-state index in [9.17, 15) is 9.59 Å². The van der Waals surface area contributed by atoms with Crippen LogP contribution in [0.25, 0.3) is 0 Å². The Morgan fingerprint density at radius 3 is 2.50 bits per heavy atom. The van der Waals surface area contributed by atoms with Crippen LogP contribution in [0.3, 0.4) is 0 Å². The molecule has 0 unspecified atom stereocenters. The fourth-order valence-corrected chi connectivity index (χ4v) is 5.06. The number of rotatable bonds is 4. The molecule has 0 radical (unpaired) electrons. The summed E-state index contributed by atoms with van der Waals surface area (Å²) in [5.41, 5.74) is 2.17. The molecule has 3 aliphatic rings. The number of carbonyl (C=O) groups excluding carboxylic acids is 2. The van der Waals surface area contributed by atoms with Crippen LogP contribution in [0.15, 0.2) is 18.2 Å². The van der Waals surface area contributed by atoms with Gasteiger partial charge in [-0.15, -0.1) is 0 Å². The van der Waals surface area contributed by atoms with E-state index in [-0.39, 0.29) is 11.8 Å². The summed E-state index contributed by atoms with van der Waals surface area (Å²) < 4.78 is 5.79. The largest absolute Gasteiger partial charge is 0.491 e. The zero-order valence-electron chi connectivity index (χ0n) is 18.3. The second kappa shape index (κ2) is 9.82. The van der Waals surface area contributed by atoms with Crippen molar-refractivity contribution in [1.29, 1.82) is 0 Å². The van der Waals surface area contributed by atoms with Crippen LogP contribution in [0, 0.1) is 0 Å². The topological polar surface area (TPSA) is 53.1 Å². The van der Waals surface area contributed by atoms with Crippen LogP contribution in [0.4, 0.5) is 0 Å². The molecule has 0 aromatic heterocycles. The molecule has 2 aliphatic heterocycles. The molecule has 0 atom stereocenters. The summed E-state index contributed by atoms with van der Waals surface area (Å²) in [6.45, 7) is 7.09. The molecule has 0 spiro atoms. The zero-order valence-corrected chi connectivity index (χ0v) is 18.3. The van der Waals surface area contributed by atoms with Gasteiger partial charge in [0.15, 0.2) is 0 Å². The first kappa shape index (κ1) is 21.2. The highest BCUT2D eigenvalue weighted by atomic mass is 16.5. The van der Waals surface area contributed by atoms with Gasteiger partial charge in [0.05, 0.1) is 6.54 Å². The smallest absolute Gasteiger partial charge is 0.222 e. The van der Waals surface area contributed by atoms with Crippen molar-refractivity contribution in [2.24, 2.45) is 0 Å². The van der Waals surface area contributed by atoms with Gasteiger partial charge in [-0.3, -0.25) is 14.5 Å². The Hall–Kier alpha value is -2.08. The first-order chi connectivity index (χ1) is 14.6. The van der Waals surface area contributed by atoms with Crippen molar-refractivity contribution in [3.05, 3.63) is 29.3 Å². The summed E-state index contributed by atoms with van der Waals surface area (Å²) in [6.07, 6.45) is 8.04. The first-order valence-corrected chi connectivity index (χ1v) is 11.6. The van der Waals surface area contributed by atoms with E-state index < -0.39 is 0 Å². The number of nitrogens with zero attached hydrogens (tertiary/aromatic N) is 3. The second-order valence-corrected chi connectivity index (χ2v) is 8.94. The van der Waals surface area contributed by atoms with Crippen LogP contribution < -0.4 is 4.74 Å². The maximum atomic E-state index is 12.8. The number of piperazine rings is 1. The summed E-state index contributed by atoms with van der Waals surface area (Å²) in [6, 6.07) is 6.88. The van der Waals surface area contributed by atoms with Gasteiger partial charge in [-0.2, -0.15) is 0 Å². The zero-order chi connectivity index (χ0) is 20.9. The van der Waals surface area contributed by atoms with Crippen LogP contribution in [-0.4, -0.2) is 71.9 Å². The first-order valence-electron chi connectivity index (χ1n) is 11.6. The van der Waals surface area contributed by atoms with Crippen molar-refractivity contribution >= 4 is 11.8 Å². The molecule has 2 fully saturated rings. The lowest BCUT2D eigenvalue weighted by atomic mass is 9.94. The van der Waals surface area contributed by atoms with Gasteiger partial charge >= 0.3 is 0 Å². The Balaban J connectivity index is 1.28. The number of ether oxygens (including phenoxy) is 1. The molecule has 2 heterocycles. The molecule has 6 heteroatoms. The lowest BCUT2D eigenvalue weighted by Gasteiger charge is -2.40. The van der Waals surface area contributed by atoms with Crippen molar-refractivity contribution in [3.8, 4) is 5.75 Å². The molecule has 164 valence electrons. The van der Waals surface area contributed by atoms with E-state index in [4.69, 9.17) is 4.74 Å². The highest BCUT2D eigenvalue weighted by Crippen LogP contribution is 2.26. The summed E-state index contributed by atoms with van der Waals surface area (Å²) in [7, 11) is 0. The van der Waals surface area contributed by atoms with Gasteiger partial charge in [-0.1, -0.05) is 31.4 Å². The lowest BCUT2D eigenvalue weighted by Crippen LogP contribution is -2.52. The van der Waals surface area contributed by atoms with Gasteiger partial charge in [-0.25, -0.2) is 0 Å². The van der Waals surface area contributed by atoms with Gasteiger partial charge in [-0.05, 0) is 30.9 Å². The molecule has 0 bridgehead atoms. The highest BCUT2D eigenvalue weighted by molar-refractivity contribution is 5.76. The fraction of sp³-hybridized carbons (Fsp3) is 0.667. The summed E-state index contributed by atoms with van der Waals surface area (Å²) in [4.78, 5) is 31.0. The Morgan fingerprint density at radius 1 is 1.00 bits per heavy atom. The Morgan fingerprint density at radius 2 is 1.77 bits per heavy atom. The van der Waals surface area contributed by atoms with Crippen molar-refractivity contribution in [3.63, 3.8) is 0 Å². The van der Waals surface area contributed by atoms with Gasteiger partial charge in [0.25, 0.3) is 0 Å². The molecule has 1 aromatic carbocycles. The van der Waals surface area contributed by atoms with Crippen LogP contribution in [-0.2, 0) is 22.6 Å². The third-order valence-electron chi connectivity index (χ3n) is 6.94. The Labute approximate surface area is 180 Å². The fourth-order valence-electron chi connectivity index (χ4n) is 5.06. The number of carbonyl (C=O) groups is 2. The highest BCUT2D eigenvalue weighted by Gasteiger charge is 2.27. The third kappa shape index (κ3) is 5.15. The van der Waals surface area contributed by atoms with E-state index in [1.54, 1.807) is 6.92 Å². The van der Waals surface area contributed by atoms with Crippen LogP contribution in [0.2, 0.25) is 0 Å². The molecule has 6 nitrogen and oxygen atoms in total. The van der Waals surface area contributed by atoms with Crippen molar-refractivity contribution < 1.29 is 14.3 Å². The number of amides is 2. The Kier molecular flexibility index (Phi) is 6.93. The van der Waals surface area contributed by atoms with Crippen LogP contribution in [0.1, 0.15) is 56.6 Å². The van der Waals surface area contributed by atoms with Gasteiger partial charge in [0, 0.05) is 57.7 Å². The van der Waals surface area contributed by atoms with E-state index >= 15 is 0 Å². The molecule has 4 rings (SSSR count). The van der Waals surface area contributed by atoms with E-state index in [1.807, 2.05) is 15.9 Å². The second-order valence-electron chi connectivity index (χ2n) is 8.94. The van der Waals surface area contributed by atoms with Crippen LogP contribution in [0.5, 0.6) is 5.75 Å². The van der Waals surface area contributed by atoms with Crippen LogP contribution >= 0.6 is 0 Å². The number of hydrogen-bond donors (Lipinski definition) is 0. The van der Waals surface area contributed by atoms with Gasteiger partial charge in [0.2, 0.25) is 11.8 Å². The van der Waals surface area contributed by atoms with Crippen molar-refractivity contribution in [2.75, 3.05) is 39.3 Å². The molecule has 30 heavy (non-hydrogen) atoms. The quantitative estimate of drug-likeness (QED) is 0.762. The standard InChI is InChI=1S/C24H35N3O3/c1-19(28)27-15-16-30-23-9-7-20(17-21(23)18-27)8-10-24(29)26-13-11-25(12-14-26)22-5-3-2-4-6-22/h7,9,17,22H,2-6,8,10-16,18H2,1H3. The molecule has 0 N–H and O–H groups in total. The third-order valence-corrected chi connectivity index (χ3v) is 6.94. The summed E-state index contributed by atoms with van der Waals surface area (Å²) in [5, 5.41) is 0. The van der Waals surface area contributed by atoms with Gasteiger partial charge in [0.1, 0.15) is 12.4 Å². The molecule has 1 saturated heterocycles. The number of fused-ring (bicyclic) bond motifs is 1. The molecular formula is C24H35N3O3. The van der Waals surface area contributed by atoms with E-state index in [0.717, 1.165) is 55.5 Å². The van der Waals surface area contributed by atoms with E-state index in [2.05, 4.69) is 17.0 Å². The molecular weight excluding hydrogens is 378 g/mol. The summed E-state index contributed by atoms with van der Waals surface area (Å²) in [5.74, 6) is 1.18. The van der Waals surface area contributed by atoms with E-state index in [1.165, 1.54) is 32.1 Å². The number of hydrogen-bond acceptors (Lipinski definition) is 4. The molecule has 1 aliphatic carbocycles. The molecule has 1 aromatic rings. The average molecular weight is 414 g/mol. The predicted molar refractivity (Wildman–Crippen MR) is 116 cm³/mol. The lowest BCUT2D eigenvalue weighted by molar-refractivity contribution is -0.133. The minimum atomic E-state index is 0.0689. The molecule has 2 amide bonds. The Bertz CT molecular complexity index is 752. The minimum Gasteiger partial charge on any atom is -0.491 e. The maximum Gasteiger partial charge on any atom is 0.222 e. The normalized spacial score (nSPS) is 21.0. The number of aryl methyl sites for hydroxylation is 1. The molecule has 1 saturated carbocycles. The van der Waals surface area contributed by atoms with E-state index in [0.29, 0.717) is 26.1 Å². The van der Waals surface area contributed by atoms with Gasteiger partial charge < -0.3 is 14.5 Å². The average Bonchev–Trinajstić information content (AvgIpc) is 3.00. The number of benzene rings is 1. The SMILES string of the molecule is CC(=O)N1CCOc2ccc(CCC(=O)N3CCN(C4CCCCC4)CC3)cc2C1. The maximum absolute atomic E-state index is 12.8. The van der Waals surface area contributed by atoms with Crippen molar-refractivity contribution in [2.45, 2.75) is 64.5 Å².